The van der Waals surface area contributed by atoms with Crippen LogP contribution in [0.3, 0.4) is 0 Å². The fraction of sp³-hybridized carbons (Fsp3) is 0.115. The van der Waals surface area contributed by atoms with Crippen molar-refractivity contribution in [2.75, 3.05) is 19.1 Å². The van der Waals surface area contributed by atoms with E-state index in [1.165, 1.54) is 26.4 Å². The normalized spacial score (nSPS) is 17.0. The van der Waals surface area contributed by atoms with E-state index in [-0.39, 0.29) is 38.9 Å². The second-order valence-corrected chi connectivity index (χ2v) is 8.57. The number of aliphatic hydroxyl groups is 1. The SMILES string of the molecule is COc1cccc(C2/C(=C(\O)c3cc(Cl)ccc3OC)C(=O)C(=O)N2c2nc3cc(F)c(F)cc3[nH]2)c1. The van der Waals surface area contributed by atoms with Gasteiger partial charge in [0.1, 0.15) is 17.3 Å². The molecule has 1 unspecified atom stereocenters. The van der Waals surface area contributed by atoms with Crippen LogP contribution in [-0.2, 0) is 9.59 Å². The maximum absolute atomic E-state index is 13.8. The molecule has 0 bridgehead atoms. The van der Waals surface area contributed by atoms with Crippen LogP contribution in [0.25, 0.3) is 16.8 Å². The Hall–Kier alpha value is -4.44. The van der Waals surface area contributed by atoms with Gasteiger partial charge in [0.2, 0.25) is 5.95 Å². The number of carbonyl (C=O) groups excluding carboxylic acids is 2. The molecule has 4 aromatic rings. The van der Waals surface area contributed by atoms with Gasteiger partial charge in [0.25, 0.3) is 5.78 Å². The van der Waals surface area contributed by atoms with Gasteiger partial charge >= 0.3 is 5.91 Å². The lowest BCUT2D eigenvalue weighted by atomic mass is 9.95. The van der Waals surface area contributed by atoms with Crippen molar-refractivity contribution in [2.45, 2.75) is 6.04 Å². The van der Waals surface area contributed by atoms with Gasteiger partial charge in [-0.1, -0.05) is 23.7 Å². The number of aromatic nitrogens is 2. The number of fused-ring (bicyclic) bond motifs is 1. The van der Waals surface area contributed by atoms with Gasteiger partial charge in [-0.3, -0.25) is 14.5 Å². The van der Waals surface area contributed by atoms with Crippen molar-refractivity contribution >= 4 is 46.0 Å². The molecular weight excluding hydrogens is 508 g/mol. The number of hydrogen-bond acceptors (Lipinski definition) is 6. The molecule has 1 saturated heterocycles. The number of aromatic amines is 1. The van der Waals surface area contributed by atoms with Crippen molar-refractivity contribution in [3.8, 4) is 11.5 Å². The van der Waals surface area contributed by atoms with Gasteiger partial charge < -0.3 is 19.6 Å². The van der Waals surface area contributed by atoms with Gasteiger partial charge in [-0.15, -0.1) is 0 Å². The fourth-order valence-corrected chi connectivity index (χ4v) is 4.47. The van der Waals surface area contributed by atoms with Crippen LogP contribution in [0.15, 0.2) is 60.2 Å². The number of carbonyl (C=O) groups is 2. The summed E-state index contributed by atoms with van der Waals surface area (Å²) in [5.41, 5.74) is 0.374. The number of hydrogen-bond donors (Lipinski definition) is 2. The van der Waals surface area contributed by atoms with Gasteiger partial charge in [0.05, 0.1) is 42.4 Å². The summed E-state index contributed by atoms with van der Waals surface area (Å²) in [4.78, 5) is 34.7. The first-order chi connectivity index (χ1) is 17.7. The number of nitrogens with zero attached hydrogens (tertiary/aromatic N) is 2. The Morgan fingerprint density at radius 1 is 1.05 bits per heavy atom. The van der Waals surface area contributed by atoms with Gasteiger partial charge in [0, 0.05) is 17.2 Å². The number of methoxy groups -OCH3 is 2. The molecular formula is C26H18ClF2N3O5. The molecule has 2 heterocycles. The highest BCUT2D eigenvalue weighted by Gasteiger charge is 2.48. The molecule has 1 amide bonds. The summed E-state index contributed by atoms with van der Waals surface area (Å²) < 4.78 is 38.3. The van der Waals surface area contributed by atoms with Crippen LogP contribution in [-0.4, -0.2) is 41.0 Å². The van der Waals surface area contributed by atoms with Crippen molar-refractivity contribution < 1.29 is 33.0 Å². The third-order valence-electron chi connectivity index (χ3n) is 6.01. The standard InChI is InChI=1S/C26H18ClF2N3O5/c1-36-14-5-3-4-12(8-14)22-21(23(33)15-9-13(27)6-7-20(15)37-2)24(34)25(35)32(22)26-30-18-10-16(28)17(29)11-19(18)31-26/h3-11,22,33H,1-2H3,(H,30,31)/b23-21+. The number of ether oxygens (including phenoxy) is 2. The molecule has 1 aromatic heterocycles. The number of amides is 1. The topological polar surface area (TPSA) is 105 Å². The molecule has 1 fully saturated rings. The first kappa shape index (κ1) is 24.3. The lowest BCUT2D eigenvalue weighted by Crippen LogP contribution is -2.30. The fourth-order valence-electron chi connectivity index (χ4n) is 4.29. The summed E-state index contributed by atoms with van der Waals surface area (Å²) in [6.45, 7) is 0. The van der Waals surface area contributed by atoms with Crippen LogP contribution in [0.2, 0.25) is 5.02 Å². The maximum atomic E-state index is 13.8. The molecule has 1 aliphatic heterocycles. The number of rotatable bonds is 5. The van der Waals surface area contributed by atoms with E-state index in [1.54, 1.807) is 30.3 Å². The lowest BCUT2D eigenvalue weighted by Gasteiger charge is -2.23. The number of benzene rings is 3. The highest BCUT2D eigenvalue weighted by Crippen LogP contribution is 2.43. The average Bonchev–Trinajstić information content (AvgIpc) is 3.41. The van der Waals surface area contributed by atoms with E-state index in [1.807, 2.05) is 0 Å². The minimum Gasteiger partial charge on any atom is -0.507 e. The van der Waals surface area contributed by atoms with Crippen LogP contribution < -0.4 is 14.4 Å². The van der Waals surface area contributed by atoms with Crippen LogP contribution in [0.1, 0.15) is 17.2 Å². The third kappa shape index (κ3) is 4.05. The maximum Gasteiger partial charge on any atom is 0.302 e. The summed E-state index contributed by atoms with van der Waals surface area (Å²) in [6.07, 6.45) is 0. The Morgan fingerprint density at radius 3 is 2.54 bits per heavy atom. The monoisotopic (exact) mass is 525 g/mol. The molecule has 0 spiro atoms. The molecule has 37 heavy (non-hydrogen) atoms. The van der Waals surface area contributed by atoms with Gasteiger partial charge in [-0.25, -0.2) is 13.8 Å². The molecule has 1 atom stereocenters. The van der Waals surface area contributed by atoms with E-state index in [9.17, 15) is 23.5 Å². The Morgan fingerprint density at radius 2 is 1.81 bits per heavy atom. The third-order valence-corrected chi connectivity index (χ3v) is 6.25. The summed E-state index contributed by atoms with van der Waals surface area (Å²) in [5.74, 6) is -4.29. The van der Waals surface area contributed by atoms with Gasteiger partial charge in [0.15, 0.2) is 11.6 Å². The van der Waals surface area contributed by atoms with Gasteiger partial charge in [-0.05, 0) is 35.9 Å². The molecule has 0 aliphatic carbocycles. The minimum absolute atomic E-state index is 0.0386. The molecule has 8 nitrogen and oxygen atoms in total. The largest absolute Gasteiger partial charge is 0.507 e. The first-order valence-corrected chi connectivity index (χ1v) is 11.2. The van der Waals surface area contributed by atoms with Crippen LogP contribution in [0.5, 0.6) is 11.5 Å². The highest BCUT2D eigenvalue weighted by molar-refractivity contribution is 6.51. The summed E-state index contributed by atoms with van der Waals surface area (Å²) in [5, 5.41) is 11.6. The number of nitrogens with one attached hydrogen (secondary N) is 1. The molecule has 0 radical (unpaired) electrons. The zero-order chi connectivity index (χ0) is 26.4. The molecule has 5 rings (SSSR count). The Labute approximate surface area is 213 Å². The molecule has 2 N–H and O–H groups in total. The van der Waals surface area contributed by atoms with E-state index in [0.717, 1.165) is 17.0 Å². The Kier molecular flexibility index (Phi) is 6.04. The van der Waals surface area contributed by atoms with E-state index < -0.39 is 35.1 Å². The smallest absolute Gasteiger partial charge is 0.302 e. The summed E-state index contributed by atoms with van der Waals surface area (Å²) in [6, 6.07) is 11.6. The van der Waals surface area contributed by atoms with Crippen molar-refractivity contribution in [3.05, 3.63) is 88.0 Å². The van der Waals surface area contributed by atoms with Crippen molar-refractivity contribution in [3.63, 3.8) is 0 Å². The molecule has 3 aromatic carbocycles. The van der Waals surface area contributed by atoms with Crippen LogP contribution in [0.4, 0.5) is 14.7 Å². The minimum atomic E-state index is -1.19. The number of H-pyrrole nitrogens is 1. The van der Waals surface area contributed by atoms with Gasteiger partial charge in [-0.2, -0.15) is 0 Å². The second kappa shape index (κ2) is 9.21. The predicted octanol–water partition coefficient (Wildman–Crippen LogP) is 5.14. The number of Topliss-reactive ketones (excluding diaryl/α,β-unsaturated/α-hetero) is 1. The first-order valence-electron chi connectivity index (χ1n) is 10.9. The number of ketones is 1. The lowest BCUT2D eigenvalue weighted by molar-refractivity contribution is -0.132. The zero-order valence-corrected chi connectivity index (χ0v) is 20.1. The van der Waals surface area contributed by atoms with Crippen molar-refractivity contribution in [1.82, 2.24) is 9.97 Å². The van der Waals surface area contributed by atoms with E-state index in [0.29, 0.717) is 11.3 Å². The Balaban J connectivity index is 1.77. The number of anilines is 1. The van der Waals surface area contributed by atoms with E-state index in [4.69, 9.17) is 21.1 Å². The predicted molar refractivity (Wildman–Crippen MR) is 132 cm³/mol. The second-order valence-electron chi connectivity index (χ2n) is 8.13. The number of imidazole rings is 1. The summed E-state index contributed by atoms with van der Waals surface area (Å²) in [7, 11) is 2.83. The number of halogens is 3. The average molecular weight is 526 g/mol. The molecule has 188 valence electrons. The van der Waals surface area contributed by atoms with Crippen molar-refractivity contribution in [2.24, 2.45) is 0 Å². The zero-order valence-electron chi connectivity index (χ0n) is 19.4. The summed E-state index contributed by atoms with van der Waals surface area (Å²) >= 11 is 6.13. The van der Waals surface area contributed by atoms with Crippen LogP contribution >= 0.6 is 11.6 Å². The molecule has 0 saturated carbocycles. The highest BCUT2D eigenvalue weighted by atomic mass is 35.5. The van der Waals surface area contributed by atoms with Crippen LogP contribution in [0, 0.1) is 11.6 Å². The number of aliphatic hydroxyl groups excluding tert-OH is 1. The van der Waals surface area contributed by atoms with E-state index >= 15 is 0 Å². The van der Waals surface area contributed by atoms with Crippen molar-refractivity contribution in [1.29, 1.82) is 0 Å². The molecule has 1 aliphatic rings. The Bertz CT molecular complexity index is 1580. The molecule has 11 heteroatoms. The quantitative estimate of drug-likeness (QED) is 0.212. The van der Waals surface area contributed by atoms with E-state index in [2.05, 4.69) is 9.97 Å².